The molecule has 0 aliphatic rings. The largest absolute Gasteiger partial charge is 0.337 e. The summed E-state index contributed by atoms with van der Waals surface area (Å²) in [6.07, 6.45) is 0.761. The number of halogens is 2. The second-order valence-corrected chi connectivity index (χ2v) is 4.40. The van der Waals surface area contributed by atoms with E-state index in [4.69, 9.17) is 27.7 Å². The number of nitrogens with zero attached hydrogens (tertiary/aromatic N) is 2. The van der Waals surface area contributed by atoms with Gasteiger partial charge in [0.1, 0.15) is 0 Å². The van der Waals surface area contributed by atoms with Crippen molar-refractivity contribution < 1.29 is 4.52 Å². The smallest absolute Gasteiger partial charge is 0.321 e. The molecular formula is C11H11Cl2N3O. The monoisotopic (exact) mass is 271 g/mol. The van der Waals surface area contributed by atoms with E-state index in [1.54, 1.807) is 13.0 Å². The Balaban J connectivity index is 1.90. The van der Waals surface area contributed by atoms with Crippen molar-refractivity contribution in [2.45, 2.75) is 13.3 Å². The van der Waals surface area contributed by atoms with Crippen LogP contribution < -0.4 is 5.32 Å². The molecule has 90 valence electrons. The van der Waals surface area contributed by atoms with Crippen molar-refractivity contribution in [3.05, 3.63) is 39.6 Å². The van der Waals surface area contributed by atoms with Gasteiger partial charge in [-0.3, -0.25) is 0 Å². The Kier molecular flexibility index (Phi) is 3.86. The van der Waals surface area contributed by atoms with Crippen LogP contribution >= 0.6 is 23.2 Å². The Hall–Kier alpha value is -1.26. The fourth-order valence-corrected chi connectivity index (χ4v) is 1.90. The predicted octanol–water partition coefficient (Wildman–Crippen LogP) is 3.34. The fourth-order valence-electron chi connectivity index (χ4n) is 1.40. The van der Waals surface area contributed by atoms with Gasteiger partial charge in [-0.05, 0) is 31.0 Å². The summed E-state index contributed by atoms with van der Waals surface area (Å²) in [5.74, 6) is 0.608. The van der Waals surface area contributed by atoms with Crippen LogP contribution in [0.15, 0.2) is 22.7 Å². The van der Waals surface area contributed by atoms with Crippen molar-refractivity contribution in [3.63, 3.8) is 0 Å². The lowest BCUT2D eigenvalue weighted by Crippen LogP contribution is -2.05. The molecule has 0 fully saturated rings. The first-order valence-electron chi connectivity index (χ1n) is 5.13. The molecule has 17 heavy (non-hydrogen) atoms. The summed E-state index contributed by atoms with van der Waals surface area (Å²) >= 11 is 11.9. The van der Waals surface area contributed by atoms with Crippen LogP contribution in [0.25, 0.3) is 0 Å². The number of hydrogen-bond donors (Lipinski definition) is 1. The van der Waals surface area contributed by atoms with Crippen LogP contribution in [0.4, 0.5) is 6.01 Å². The van der Waals surface area contributed by atoms with Crippen LogP contribution in [0.1, 0.15) is 11.4 Å². The molecule has 0 saturated carbocycles. The molecule has 0 atom stereocenters. The van der Waals surface area contributed by atoms with Crippen LogP contribution in [0.2, 0.25) is 10.0 Å². The molecule has 0 unspecified atom stereocenters. The molecule has 2 aromatic rings. The van der Waals surface area contributed by atoms with Crippen LogP contribution in [0, 0.1) is 6.92 Å². The van der Waals surface area contributed by atoms with Crippen molar-refractivity contribution in [2.24, 2.45) is 0 Å². The molecule has 1 N–H and O–H groups in total. The normalized spacial score (nSPS) is 10.5. The van der Waals surface area contributed by atoms with Gasteiger partial charge in [-0.15, -0.1) is 0 Å². The van der Waals surface area contributed by atoms with E-state index in [9.17, 15) is 0 Å². The Morgan fingerprint density at radius 2 is 2.18 bits per heavy atom. The minimum absolute atomic E-state index is 0.424. The standard InChI is InChI=1S/C11H11Cl2N3O/c1-7-15-11(17-16-7)14-5-4-8-2-3-9(12)6-10(8)13/h2-3,6H,4-5H2,1H3,(H,14,15,16). The van der Waals surface area contributed by atoms with Gasteiger partial charge in [0.25, 0.3) is 0 Å². The molecule has 0 radical (unpaired) electrons. The van der Waals surface area contributed by atoms with E-state index in [0.717, 1.165) is 12.0 Å². The van der Waals surface area contributed by atoms with Gasteiger partial charge in [0, 0.05) is 16.6 Å². The van der Waals surface area contributed by atoms with Gasteiger partial charge in [-0.1, -0.05) is 34.4 Å². The van der Waals surface area contributed by atoms with Crippen molar-refractivity contribution in [3.8, 4) is 0 Å². The molecule has 1 heterocycles. The highest BCUT2D eigenvalue weighted by Crippen LogP contribution is 2.21. The van der Waals surface area contributed by atoms with Crippen molar-refractivity contribution >= 4 is 29.2 Å². The zero-order chi connectivity index (χ0) is 12.3. The van der Waals surface area contributed by atoms with E-state index in [-0.39, 0.29) is 0 Å². The first-order chi connectivity index (χ1) is 8.15. The Bertz CT molecular complexity index is 513. The van der Waals surface area contributed by atoms with Gasteiger partial charge in [-0.25, -0.2) is 0 Å². The molecule has 0 saturated heterocycles. The van der Waals surface area contributed by atoms with Gasteiger partial charge in [0.2, 0.25) is 0 Å². The number of rotatable bonds is 4. The van der Waals surface area contributed by atoms with Crippen LogP contribution in [0.5, 0.6) is 0 Å². The zero-order valence-electron chi connectivity index (χ0n) is 9.20. The summed E-state index contributed by atoms with van der Waals surface area (Å²) < 4.78 is 4.93. The molecule has 4 nitrogen and oxygen atoms in total. The van der Waals surface area contributed by atoms with Crippen LogP contribution in [-0.2, 0) is 6.42 Å². The molecular weight excluding hydrogens is 261 g/mol. The maximum atomic E-state index is 6.05. The van der Waals surface area contributed by atoms with Gasteiger partial charge in [0.05, 0.1) is 0 Å². The van der Waals surface area contributed by atoms with E-state index in [2.05, 4.69) is 15.5 Å². The van der Waals surface area contributed by atoms with Gasteiger partial charge in [0.15, 0.2) is 5.82 Å². The van der Waals surface area contributed by atoms with E-state index in [0.29, 0.717) is 28.4 Å². The lowest BCUT2D eigenvalue weighted by molar-refractivity contribution is 0.425. The Morgan fingerprint density at radius 1 is 1.35 bits per heavy atom. The third-order valence-corrected chi connectivity index (χ3v) is 2.80. The van der Waals surface area contributed by atoms with Crippen LogP contribution in [-0.4, -0.2) is 16.7 Å². The molecule has 0 amide bonds. The number of anilines is 1. The summed E-state index contributed by atoms with van der Waals surface area (Å²) in [5, 5.41) is 8.01. The van der Waals surface area contributed by atoms with Gasteiger partial charge >= 0.3 is 6.01 Å². The highest BCUT2D eigenvalue weighted by molar-refractivity contribution is 6.35. The van der Waals surface area contributed by atoms with Gasteiger partial charge < -0.3 is 9.84 Å². The second kappa shape index (κ2) is 5.38. The lowest BCUT2D eigenvalue weighted by atomic mass is 10.1. The average molecular weight is 272 g/mol. The van der Waals surface area contributed by atoms with Crippen LogP contribution in [0.3, 0.4) is 0 Å². The summed E-state index contributed by atoms with van der Waals surface area (Å²) in [5.41, 5.74) is 1.03. The summed E-state index contributed by atoms with van der Waals surface area (Å²) in [6.45, 7) is 2.44. The molecule has 0 aliphatic carbocycles. The number of nitrogens with one attached hydrogen (secondary N) is 1. The quantitative estimate of drug-likeness (QED) is 0.927. The van der Waals surface area contributed by atoms with Crippen molar-refractivity contribution in [1.82, 2.24) is 10.1 Å². The number of hydrogen-bond acceptors (Lipinski definition) is 4. The second-order valence-electron chi connectivity index (χ2n) is 3.56. The highest BCUT2D eigenvalue weighted by atomic mass is 35.5. The molecule has 2 rings (SSSR count). The molecule has 0 aliphatic heterocycles. The maximum Gasteiger partial charge on any atom is 0.321 e. The minimum atomic E-state index is 0.424. The van der Waals surface area contributed by atoms with E-state index in [1.165, 1.54) is 0 Å². The minimum Gasteiger partial charge on any atom is -0.337 e. The maximum absolute atomic E-state index is 6.05. The third-order valence-electron chi connectivity index (χ3n) is 2.21. The van der Waals surface area contributed by atoms with Crippen molar-refractivity contribution in [1.29, 1.82) is 0 Å². The summed E-state index contributed by atoms with van der Waals surface area (Å²) in [7, 11) is 0. The first kappa shape index (κ1) is 12.2. The first-order valence-corrected chi connectivity index (χ1v) is 5.89. The van der Waals surface area contributed by atoms with Crippen molar-refractivity contribution in [2.75, 3.05) is 11.9 Å². The highest BCUT2D eigenvalue weighted by Gasteiger charge is 2.03. The lowest BCUT2D eigenvalue weighted by Gasteiger charge is -2.04. The average Bonchev–Trinajstić information content (AvgIpc) is 2.68. The molecule has 0 spiro atoms. The fraction of sp³-hybridized carbons (Fsp3) is 0.273. The Morgan fingerprint density at radius 3 is 2.82 bits per heavy atom. The molecule has 0 bridgehead atoms. The topological polar surface area (TPSA) is 51.0 Å². The zero-order valence-corrected chi connectivity index (χ0v) is 10.7. The molecule has 6 heteroatoms. The number of aryl methyl sites for hydroxylation is 1. The Labute approximate surface area is 109 Å². The van der Waals surface area contributed by atoms with E-state index >= 15 is 0 Å². The number of aromatic nitrogens is 2. The molecule has 1 aromatic carbocycles. The molecule has 1 aromatic heterocycles. The third kappa shape index (κ3) is 3.35. The summed E-state index contributed by atoms with van der Waals surface area (Å²) in [4.78, 5) is 4.04. The summed E-state index contributed by atoms with van der Waals surface area (Å²) in [6, 6.07) is 5.88. The predicted molar refractivity (Wildman–Crippen MR) is 67.7 cm³/mol. The van der Waals surface area contributed by atoms with Gasteiger partial charge in [-0.2, -0.15) is 4.98 Å². The SMILES string of the molecule is Cc1noc(NCCc2ccc(Cl)cc2Cl)n1. The van der Waals surface area contributed by atoms with E-state index in [1.807, 2.05) is 12.1 Å². The van der Waals surface area contributed by atoms with E-state index < -0.39 is 0 Å². The number of benzene rings is 1.